The molecule has 1 heterocycles. The van der Waals surface area contributed by atoms with Crippen molar-refractivity contribution in [2.24, 2.45) is 0 Å². The zero-order valence-electron chi connectivity index (χ0n) is 13.0. The number of fused-ring (bicyclic) bond motifs is 1. The molecule has 2 rings (SSSR count). The highest BCUT2D eigenvalue weighted by Crippen LogP contribution is 2.34. The molecule has 0 saturated heterocycles. The molecule has 2 aromatic rings. The van der Waals surface area contributed by atoms with Gasteiger partial charge in [0.05, 0.1) is 16.9 Å². The predicted octanol–water partition coefficient (Wildman–Crippen LogP) is 5.14. The van der Waals surface area contributed by atoms with E-state index in [1.54, 1.807) is 6.92 Å². The van der Waals surface area contributed by atoms with Crippen molar-refractivity contribution in [1.29, 1.82) is 0 Å². The van der Waals surface area contributed by atoms with E-state index in [0.717, 1.165) is 30.7 Å². The first-order chi connectivity index (χ1) is 10.00. The maximum Gasteiger partial charge on any atom is 0.128 e. The molecule has 0 aliphatic heterocycles. The van der Waals surface area contributed by atoms with Gasteiger partial charge in [0, 0.05) is 17.4 Å². The van der Waals surface area contributed by atoms with Crippen molar-refractivity contribution in [2.45, 2.75) is 50.8 Å². The fourth-order valence-electron chi connectivity index (χ4n) is 2.69. The van der Waals surface area contributed by atoms with Gasteiger partial charge in [-0.2, -0.15) is 11.8 Å². The smallest absolute Gasteiger partial charge is 0.128 e. The molecule has 0 radical (unpaired) electrons. The molecule has 1 aromatic carbocycles. The number of hydrogen-bond donors (Lipinski definition) is 0. The van der Waals surface area contributed by atoms with E-state index in [4.69, 9.17) is 11.6 Å². The molecule has 0 fully saturated rings. The second-order valence-corrected chi connectivity index (χ2v) is 6.97. The Bertz CT molecular complexity index is 626. The predicted molar refractivity (Wildman–Crippen MR) is 90.8 cm³/mol. The van der Waals surface area contributed by atoms with Crippen molar-refractivity contribution in [3.05, 3.63) is 29.3 Å². The first-order valence-electron chi connectivity index (χ1n) is 7.26. The number of aromatic nitrogens is 2. The lowest BCUT2D eigenvalue weighted by molar-refractivity contribution is 0.466. The number of rotatable bonds is 6. The fraction of sp³-hybridized carbons (Fsp3) is 0.562. The average Bonchev–Trinajstić information content (AvgIpc) is 2.82. The van der Waals surface area contributed by atoms with Crippen molar-refractivity contribution < 1.29 is 4.39 Å². The van der Waals surface area contributed by atoms with Gasteiger partial charge in [0.25, 0.3) is 0 Å². The summed E-state index contributed by atoms with van der Waals surface area (Å²) in [6, 6.07) is 3.39. The molecule has 0 spiro atoms. The summed E-state index contributed by atoms with van der Waals surface area (Å²) >= 11 is 7.94. The molecule has 0 unspecified atom stereocenters. The Kier molecular flexibility index (Phi) is 5.20. The van der Waals surface area contributed by atoms with Gasteiger partial charge in [-0.3, -0.25) is 0 Å². The number of hydrogen-bond acceptors (Lipinski definition) is 2. The van der Waals surface area contributed by atoms with E-state index in [2.05, 4.69) is 29.7 Å². The maximum atomic E-state index is 13.7. The summed E-state index contributed by atoms with van der Waals surface area (Å²) < 4.78 is 16.1. The first kappa shape index (κ1) is 16.6. The van der Waals surface area contributed by atoms with Gasteiger partial charge in [0.2, 0.25) is 0 Å². The number of alkyl halides is 1. The highest BCUT2D eigenvalue weighted by atomic mass is 35.5. The summed E-state index contributed by atoms with van der Waals surface area (Å²) in [6.07, 6.45) is 4.30. The molecule has 0 bridgehead atoms. The van der Waals surface area contributed by atoms with E-state index in [-0.39, 0.29) is 10.6 Å². The van der Waals surface area contributed by atoms with Gasteiger partial charge in [-0.1, -0.05) is 13.8 Å². The molecule has 1 aromatic heterocycles. The monoisotopic (exact) mass is 328 g/mol. The largest absolute Gasteiger partial charge is 0.326 e. The summed E-state index contributed by atoms with van der Waals surface area (Å²) in [4.78, 5) is 4.50. The molecule has 0 N–H and O–H groups in total. The zero-order valence-corrected chi connectivity index (χ0v) is 14.6. The van der Waals surface area contributed by atoms with Crippen LogP contribution >= 0.6 is 23.4 Å². The van der Waals surface area contributed by atoms with Crippen LogP contribution in [0.2, 0.25) is 0 Å². The van der Waals surface area contributed by atoms with Crippen LogP contribution in [0.5, 0.6) is 0 Å². The first-order valence-corrected chi connectivity index (χ1v) is 9.02. The molecule has 0 saturated carbocycles. The van der Waals surface area contributed by atoms with Gasteiger partial charge in [0.15, 0.2) is 0 Å². The molecule has 2 nitrogen and oxygen atoms in total. The zero-order chi connectivity index (χ0) is 15.6. The minimum Gasteiger partial charge on any atom is -0.326 e. The topological polar surface area (TPSA) is 17.8 Å². The second-order valence-electron chi connectivity index (χ2n) is 5.43. The average molecular weight is 329 g/mol. The van der Waals surface area contributed by atoms with Crippen molar-refractivity contribution in [3.63, 3.8) is 0 Å². The number of nitrogens with zero attached hydrogens (tertiary/aromatic N) is 2. The van der Waals surface area contributed by atoms with Crippen LogP contribution in [0.4, 0.5) is 4.39 Å². The lowest BCUT2D eigenvalue weighted by atomic mass is 10.0. The van der Waals surface area contributed by atoms with E-state index in [9.17, 15) is 4.39 Å². The lowest BCUT2D eigenvalue weighted by Gasteiger charge is -2.31. The van der Waals surface area contributed by atoms with Crippen LogP contribution in [0.25, 0.3) is 11.0 Å². The van der Waals surface area contributed by atoms with Crippen LogP contribution in [0.1, 0.15) is 38.1 Å². The molecule has 21 heavy (non-hydrogen) atoms. The molecular formula is C16H22ClFN2S. The molecule has 0 aliphatic rings. The molecular weight excluding hydrogens is 307 g/mol. The third-order valence-corrected chi connectivity index (χ3v) is 6.21. The van der Waals surface area contributed by atoms with Crippen molar-refractivity contribution >= 4 is 34.4 Å². The van der Waals surface area contributed by atoms with Crippen molar-refractivity contribution in [2.75, 3.05) is 6.26 Å². The van der Waals surface area contributed by atoms with Crippen LogP contribution in [0.15, 0.2) is 12.1 Å². The SMILES string of the molecule is CCC(CC)(Cn1c(CCl)nc2cc(F)c(C)cc21)SC. The number of imidazole rings is 1. The number of halogens is 2. The Labute approximate surface area is 135 Å². The van der Waals surface area contributed by atoms with Gasteiger partial charge >= 0.3 is 0 Å². The fourth-order valence-corrected chi connectivity index (χ4v) is 3.73. The summed E-state index contributed by atoms with van der Waals surface area (Å²) in [5.74, 6) is 0.945. The molecule has 0 atom stereocenters. The minimum atomic E-state index is -0.213. The highest BCUT2D eigenvalue weighted by Gasteiger charge is 2.27. The van der Waals surface area contributed by atoms with Gasteiger partial charge in [-0.15, -0.1) is 11.6 Å². The second kappa shape index (κ2) is 6.57. The Morgan fingerprint density at radius 3 is 2.52 bits per heavy atom. The number of benzene rings is 1. The Balaban J connectivity index is 2.58. The molecule has 0 amide bonds. The Hall–Kier alpha value is -0.740. The van der Waals surface area contributed by atoms with Crippen LogP contribution in [-0.4, -0.2) is 20.6 Å². The van der Waals surface area contributed by atoms with Gasteiger partial charge in [-0.25, -0.2) is 9.37 Å². The molecule has 0 aliphatic carbocycles. The Morgan fingerprint density at radius 1 is 1.33 bits per heavy atom. The maximum absolute atomic E-state index is 13.7. The van der Waals surface area contributed by atoms with Crippen LogP contribution < -0.4 is 0 Å². The highest BCUT2D eigenvalue weighted by molar-refractivity contribution is 8.00. The standard InChI is InChI=1S/C16H22ClFN2S/c1-5-16(6-2,21-4)10-20-14-7-11(3)12(18)8-13(14)19-15(20)9-17/h7-8H,5-6,9-10H2,1-4H3. The van der Waals surface area contributed by atoms with Crippen LogP contribution in [0, 0.1) is 12.7 Å². The van der Waals surface area contributed by atoms with Crippen molar-refractivity contribution in [1.82, 2.24) is 9.55 Å². The van der Waals surface area contributed by atoms with Gasteiger partial charge in [-0.05, 0) is 37.7 Å². The van der Waals surface area contributed by atoms with E-state index in [1.165, 1.54) is 6.07 Å². The lowest BCUT2D eigenvalue weighted by Crippen LogP contribution is -2.29. The normalized spacial score (nSPS) is 12.3. The summed E-state index contributed by atoms with van der Waals surface area (Å²) in [5.41, 5.74) is 2.31. The third kappa shape index (κ3) is 3.07. The van der Waals surface area contributed by atoms with Gasteiger partial charge < -0.3 is 4.57 Å². The van der Waals surface area contributed by atoms with Crippen LogP contribution in [0.3, 0.4) is 0 Å². The number of aryl methyl sites for hydroxylation is 1. The quantitative estimate of drug-likeness (QED) is 0.683. The van der Waals surface area contributed by atoms with E-state index >= 15 is 0 Å². The Morgan fingerprint density at radius 2 is 2.00 bits per heavy atom. The summed E-state index contributed by atoms with van der Waals surface area (Å²) in [5, 5.41) is 0. The third-order valence-electron chi connectivity index (χ3n) is 4.40. The molecule has 116 valence electrons. The van der Waals surface area contributed by atoms with E-state index in [0.29, 0.717) is 17.0 Å². The van der Waals surface area contributed by atoms with Gasteiger partial charge in [0.1, 0.15) is 11.6 Å². The number of thioether (sulfide) groups is 1. The van der Waals surface area contributed by atoms with E-state index < -0.39 is 0 Å². The van der Waals surface area contributed by atoms with Crippen molar-refractivity contribution in [3.8, 4) is 0 Å². The van der Waals surface area contributed by atoms with Crippen LogP contribution in [-0.2, 0) is 12.4 Å². The summed E-state index contributed by atoms with van der Waals surface area (Å²) in [7, 11) is 0. The minimum absolute atomic E-state index is 0.163. The molecule has 5 heteroatoms. The summed E-state index contributed by atoms with van der Waals surface area (Å²) in [6.45, 7) is 7.06. The van der Waals surface area contributed by atoms with E-state index in [1.807, 2.05) is 17.8 Å².